The van der Waals surface area contributed by atoms with Gasteiger partial charge in [-0.1, -0.05) is 12.1 Å². The van der Waals surface area contributed by atoms with Gasteiger partial charge in [0.15, 0.2) is 0 Å². The van der Waals surface area contributed by atoms with Crippen LogP contribution in [0.3, 0.4) is 0 Å². The lowest BCUT2D eigenvalue weighted by molar-refractivity contribution is 0.123. The number of hydrogen-bond donors (Lipinski definition) is 1. The number of rotatable bonds is 6. The number of nitrogens with zero attached hydrogens (tertiary/aromatic N) is 4. The molecule has 128 valence electrons. The number of aromatic nitrogens is 2. The Balaban J connectivity index is 1.82. The molecular weight excluding hydrogens is 302 g/mol. The van der Waals surface area contributed by atoms with Gasteiger partial charge in [0, 0.05) is 32.4 Å². The van der Waals surface area contributed by atoms with E-state index in [9.17, 15) is 0 Å². The van der Waals surface area contributed by atoms with Crippen molar-refractivity contribution in [2.45, 2.75) is 13.8 Å². The largest absolute Gasteiger partial charge is 0.378 e. The van der Waals surface area contributed by atoms with Gasteiger partial charge in [0.1, 0.15) is 5.82 Å². The highest BCUT2D eigenvalue weighted by atomic mass is 16.5. The maximum atomic E-state index is 5.46. The van der Waals surface area contributed by atoms with Crippen LogP contribution < -0.4 is 15.1 Å². The first-order valence-electron chi connectivity index (χ1n) is 8.58. The molecule has 0 radical (unpaired) electrons. The first kappa shape index (κ1) is 16.5. The Morgan fingerprint density at radius 3 is 2.62 bits per heavy atom. The number of morpholine rings is 1. The first-order chi connectivity index (χ1) is 11.8. The lowest BCUT2D eigenvalue weighted by Crippen LogP contribution is -2.36. The summed E-state index contributed by atoms with van der Waals surface area (Å²) >= 11 is 0. The molecule has 1 saturated heterocycles. The molecule has 2 aromatic rings. The van der Waals surface area contributed by atoms with Gasteiger partial charge in [-0.15, -0.1) is 0 Å². The van der Waals surface area contributed by atoms with E-state index in [-0.39, 0.29) is 0 Å². The molecule has 0 amide bonds. The predicted octanol–water partition coefficient (Wildman–Crippen LogP) is 2.90. The molecule has 1 N–H and O–H groups in total. The van der Waals surface area contributed by atoms with E-state index < -0.39 is 0 Å². The first-order valence-corrected chi connectivity index (χ1v) is 8.58. The molecule has 0 aliphatic carbocycles. The molecule has 24 heavy (non-hydrogen) atoms. The zero-order chi connectivity index (χ0) is 16.8. The molecular formula is C18H25N5O. The third kappa shape index (κ3) is 3.76. The van der Waals surface area contributed by atoms with Crippen LogP contribution >= 0.6 is 0 Å². The quantitative estimate of drug-likeness (QED) is 0.880. The summed E-state index contributed by atoms with van der Waals surface area (Å²) in [6, 6.07) is 10.2. The predicted molar refractivity (Wildman–Crippen MR) is 98.3 cm³/mol. The minimum absolute atomic E-state index is 0.758. The van der Waals surface area contributed by atoms with Crippen LogP contribution in [0.4, 0.5) is 23.1 Å². The van der Waals surface area contributed by atoms with Gasteiger partial charge in [-0.25, -0.2) is 4.98 Å². The van der Waals surface area contributed by atoms with Crippen molar-refractivity contribution in [2.75, 3.05) is 54.5 Å². The van der Waals surface area contributed by atoms with E-state index in [4.69, 9.17) is 4.74 Å². The summed E-state index contributed by atoms with van der Waals surface area (Å²) in [5.74, 6) is 1.57. The van der Waals surface area contributed by atoms with E-state index in [0.29, 0.717) is 0 Å². The van der Waals surface area contributed by atoms with E-state index in [0.717, 1.165) is 56.8 Å². The summed E-state index contributed by atoms with van der Waals surface area (Å²) < 4.78 is 5.46. The third-order valence-corrected chi connectivity index (χ3v) is 4.21. The molecule has 0 bridgehead atoms. The molecule has 0 saturated carbocycles. The van der Waals surface area contributed by atoms with Crippen LogP contribution in [0.25, 0.3) is 0 Å². The van der Waals surface area contributed by atoms with Gasteiger partial charge in [0.05, 0.1) is 24.6 Å². The Kier molecular flexibility index (Phi) is 5.48. The van der Waals surface area contributed by atoms with Gasteiger partial charge < -0.3 is 19.9 Å². The topological polar surface area (TPSA) is 53.5 Å². The zero-order valence-corrected chi connectivity index (χ0v) is 14.4. The Bertz CT molecular complexity index is 653. The Morgan fingerprint density at radius 1 is 1.12 bits per heavy atom. The Labute approximate surface area is 143 Å². The summed E-state index contributed by atoms with van der Waals surface area (Å²) in [7, 11) is 0. The highest BCUT2D eigenvalue weighted by Crippen LogP contribution is 2.29. The highest BCUT2D eigenvalue weighted by molar-refractivity contribution is 5.74. The van der Waals surface area contributed by atoms with Crippen LogP contribution in [-0.2, 0) is 4.74 Å². The molecule has 2 heterocycles. The van der Waals surface area contributed by atoms with Gasteiger partial charge in [-0.05, 0) is 32.0 Å². The van der Waals surface area contributed by atoms with Crippen molar-refractivity contribution in [3.63, 3.8) is 0 Å². The van der Waals surface area contributed by atoms with Crippen molar-refractivity contribution in [2.24, 2.45) is 0 Å². The molecule has 1 aromatic heterocycles. The maximum absolute atomic E-state index is 5.46. The fourth-order valence-electron chi connectivity index (χ4n) is 2.87. The van der Waals surface area contributed by atoms with Crippen LogP contribution in [-0.4, -0.2) is 49.4 Å². The van der Waals surface area contributed by atoms with E-state index in [1.54, 1.807) is 6.20 Å². The monoisotopic (exact) mass is 327 g/mol. The van der Waals surface area contributed by atoms with Crippen LogP contribution in [0.2, 0.25) is 0 Å². The van der Waals surface area contributed by atoms with Gasteiger partial charge >= 0.3 is 0 Å². The van der Waals surface area contributed by atoms with Crippen molar-refractivity contribution >= 4 is 23.1 Å². The van der Waals surface area contributed by atoms with Crippen molar-refractivity contribution in [3.8, 4) is 0 Å². The second-order valence-electron chi connectivity index (χ2n) is 5.66. The maximum Gasteiger partial charge on any atom is 0.227 e. The third-order valence-electron chi connectivity index (χ3n) is 4.21. The van der Waals surface area contributed by atoms with E-state index in [1.807, 2.05) is 12.1 Å². The molecule has 3 rings (SSSR count). The number of anilines is 4. The summed E-state index contributed by atoms with van der Waals surface area (Å²) in [6.45, 7) is 9.37. The minimum atomic E-state index is 0.758. The fraction of sp³-hybridized carbons (Fsp3) is 0.444. The van der Waals surface area contributed by atoms with Crippen molar-refractivity contribution in [1.29, 1.82) is 0 Å². The molecule has 6 heteroatoms. The van der Waals surface area contributed by atoms with Gasteiger partial charge in [0.2, 0.25) is 5.95 Å². The van der Waals surface area contributed by atoms with Gasteiger partial charge in [-0.3, -0.25) is 0 Å². The van der Waals surface area contributed by atoms with Crippen LogP contribution in [0, 0.1) is 0 Å². The van der Waals surface area contributed by atoms with E-state index >= 15 is 0 Å². The van der Waals surface area contributed by atoms with Gasteiger partial charge in [-0.2, -0.15) is 4.98 Å². The fourth-order valence-corrected chi connectivity index (χ4v) is 2.87. The lowest BCUT2D eigenvalue weighted by atomic mass is 10.2. The summed E-state index contributed by atoms with van der Waals surface area (Å²) in [6.07, 6.45) is 1.81. The van der Waals surface area contributed by atoms with Crippen LogP contribution in [0.15, 0.2) is 36.5 Å². The van der Waals surface area contributed by atoms with Crippen LogP contribution in [0.5, 0.6) is 0 Å². The summed E-state index contributed by atoms with van der Waals surface area (Å²) in [5.41, 5.74) is 2.24. The number of para-hydroxylation sites is 2. The number of ether oxygens (including phenoxy) is 1. The average Bonchev–Trinajstić information content (AvgIpc) is 2.64. The van der Waals surface area contributed by atoms with E-state index in [1.165, 1.54) is 5.69 Å². The molecule has 6 nitrogen and oxygen atoms in total. The normalized spacial score (nSPS) is 14.5. The second-order valence-corrected chi connectivity index (χ2v) is 5.66. The van der Waals surface area contributed by atoms with E-state index in [2.05, 4.69) is 57.1 Å². The summed E-state index contributed by atoms with van der Waals surface area (Å²) in [4.78, 5) is 13.5. The Hall–Kier alpha value is -2.34. The molecule has 1 aromatic carbocycles. The number of nitrogens with one attached hydrogen (secondary N) is 1. The molecule has 1 aliphatic heterocycles. The highest BCUT2D eigenvalue weighted by Gasteiger charge is 2.15. The Morgan fingerprint density at radius 2 is 1.88 bits per heavy atom. The van der Waals surface area contributed by atoms with Crippen molar-refractivity contribution < 1.29 is 4.74 Å². The van der Waals surface area contributed by atoms with Crippen molar-refractivity contribution in [3.05, 3.63) is 36.5 Å². The standard InChI is InChI=1S/C18H25N5O/c1-3-22(4-2)18-19-10-9-17(21-18)20-15-7-5-6-8-16(15)23-11-13-24-14-12-23/h5-10H,3-4,11-14H2,1-2H3,(H,19,20,21). The molecule has 0 unspecified atom stereocenters. The number of benzene rings is 1. The second kappa shape index (κ2) is 7.97. The SMILES string of the molecule is CCN(CC)c1nccc(Nc2ccccc2N2CCOCC2)n1. The van der Waals surface area contributed by atoms with Gasteiger partial charge in [0.25, 0.3) is 0 Å². The number of hydrogen-bond acceptors (Lipinski definition) is 6. The molecule has 0 atom stereocenters. The minimum Gasteiger partial charge on any atom is -0.378 e. The average molecular weight is 327 g/mol. The molecule has 1 aliphatic rings. The summed E-state index contributed by atoms with van der Waals surface area (Å²) in [5, 5.41) is 3.45. The van der Waals surface area contributed by atoms with Crippen molar-refractivity contribution in [1.82, 2.24) is 9.97 Å². The zero-order valence-electron chi connectivity index (χ0n) is 14.4. The van der Waals surface area contributed by atoms with Crippen LogP contribution in [0.1, 0.15) is 13.8 Å². The molecule has 1 fully saturated rings. The lowest BCUT2D eigenvalue weighted by Gasteiger charge is -2.30. The smallest absolute Gasteiger partial charge is 0.227 e. The molecule has 0 spiro atoms.